The monoisotopic (exact) mass is 367 g/mol. The van der Waals surface area contributed by atoms with Gasteiger partial charge >= 0.3 is 0 Å². The first-order valence-electron chi connectivity index (χ1n) is 6.98. The Morgan fingerprint density at radius 1 is 1.19 bits per heavy atom. The molecule has 1 N–H and O–H groups in total. The molecule has 1 atom stereocenters. The summed E-state index contributed by atoms with van der Waals surface area (Å²) in [5.74, 6) is 0.859. The molecule has 0 amide bonds. The van der Waals surface area contributed by atoms with Gasteiger partial charge in [0.15, 0.2) is 0 Å². The fourth-order valence-electron chi connectivity index (χ4n) is 2.23. The quantitative estimate of drug-likeness (QED) is 0.756. The van der Waals surface area contributed by atoms with E-state index in [2.05, 4.69) is 40.3 Å². The van der Waals surface area contributed by atoms with Crippen LogP contribution in [0.2, 0.25) is 5.02 Å². The summed E-state index contributed by atoms with van der Waals surface area (Å²) in [7, 11) is 1.68. The topological polar surface area (TPSA) is 21.3 Å². The van der Waals surface area contributed by atoms with Crippen LogP contribution in [0.3, 0.4) is 0 Å². The normalized spacial score (nSPS) is 12.2. The van der Waals surface area contributed by atoms with Crippen LogP contribution < -0.4 is 10.1 Å². The summed E-state index contributed by atoms with van der Waals surface area (Å²) < 4.78 is 6.28. The van der Waals surface area contributed by atoms with Crippen molar-refractivity contribution in [3.8, 4) is 5.75 Å². The van der Waals surface area contributed by atoms with Crippen molar-refractivity contribution in [2.45, 2.75) is 19.4 Å². The third-order valence-corrected chi connectivity index (χ3v) is 4.27. The van der Waals surface area contributed by atoms with Gasteiger partial charge in [0.1, 0.15) is 5.75 Å². The molecule has 4 heteroatoms. The van der Waals surface area contributed by atoms with Gasteiger partial charge in [0.05, 0.1) is 13.2 Å². The smallest absolute Gasteiger partial charge is 0.118 e. The van der Waals surface area contributed by atoms with E-state index in [1.54, 1.807) is 7.11 Å². The van der Waals surface area contributed by atoms with Gasteiger partial charge in [0.25, 0.3) is 0 Å². The Labute approximate surface area is 139 Å². The van der Waals surface area contributed by atoms with E-state index in [9.17, 15) is 0 Å². The minimum absolute atomic E-state index is 0.101. The summed E-state index contributed by atoms with van der Waals surface area (Å²) >= 11 is 9.79. The van der Waals surface area contributed by atoms with Crippen molar-refractivity contribution in [2.24, 2.45) is 0 Å². The van der Waals surface area contributed by atoms with Gasteiger partial charge in [-0.05, 0) is 54.4 Å². The highest BCUT2D eigenvalue weighted by Gasteiger charge is 2.16. The van der Waals surface area contributed by atoms with Crippen LogP contribution in [-0.4, -0.2) is 13.7 Å². The number of halogens is 2. The lowest BCUT2D eigenvalue weighted by atomic mass is 9.98. The van der Waals surface area contributed by atoms with E-state index in [0.29, 0.717) is 0 Å². The molecule has 0 bridgehead atoms. The van der Waals surface area contributed by atoms with E-state index in [-0.39, 0.29) is 6.04 Å². The number of ether oxygens (including phenoxy) is 1. The standard InChI is InChI=1S/C17H19BrClNO/c1-3-10-20-17(12-4-7-14(21-2)8-5-12)15-11-13(19)6-9-16(15)18/h4-9,11,17,20H,3,10H2,1-2H3. The minimum atomic E-state index is 0.101. The van der Waals surface area contributed by atoms with E-state index in [1.807, 2.05) is 30.3 Å². The number of rotatable bonds is 6. The molecule has 0 radical (unpaired) electrons. The number of methoxy groups -OCH3 is 1. The van der Waals surface area contributed by atoms with E-state index in [1.165, 1.54) is 5.56 Å². The van der Waals surface area contributed by atoms with Gasteiger partial charge in [0, 0.05) is 9.50 Å². The molecule has 0 saturated carbocycles. The predicted molar refractivity (Wildman–Crippen MR) is 92.3 cm³/mol. The number of nitrogens with one attached hydrogen (secondary N) is 1. The molecule has 0 aliphatic rings. The molecule has 2 rings (SSSR count). The average Bonchev–Trinajstić information content (AvgIpc) is 2.51. The Balaban J connectivity index is 2.38. The zero-order chi connectivity index (χ0) is 15.2. The minimum Gasteiger partial charge on any atom is -0.497 e. The van der Waals surface area contributed by atoms with Crippen LogP contribution in [0.25, 0.3) is 0 Å². The first kappa shape index (κ1) is 16.3. The van der Waals surface area contributed by atoms with Crippen molar-refractivity contribution in [1.82, 2.24) is 5.32 Å². The Bertz CT molecular complexity index is 586. The third kappa shape index (κ3) is 4.22. The van der Waals surface area contributed by atoms with Crippen molar-refractivity contribution in [3.63, 3.8) is 0 Å². The molecule has 0 aromatic heterocycles. The van der Waals surface area contributed by atoms with Crippen LogP contribution in [0, 0.1) is 0 Å². The summed E-state index contributed by atoms with van der Waals surface area (Å²) in [6.07, 6.45) is 1.07. The fourth-order valence-corrected chi connectivity index (χ4v) is 2.88. The SMILES string of the molecule is CCCNC(c1ccc(OC)cc1)c1cc(Cl)ccc1Br. The van der Waals surface area contributed by atoms with E-state index < -0.39 is 0 Å². The van der Waals surface area contributed by atoms with Crippen molar-refractivity contribution in [3.05, 3.63) is 63.1 Å². The summed E-state index contributed by atoms with van der Waals surface area (Å²) in [5, 5.41) is 4.32. The van der Waals surface area contributed by atoms with Crippen LogP contribution in [0.4, 0.5) is 0 Å². The molecule has 112 valence electrons. The van der Waals surface area contributed by atoms with Crippen LogP contribution in [0.5, 0.6) is 5.75 Å². The van der Waals surface area contributed by atoms with Gasteiger partial charge in [-0.15, -0.1) is 0 Å². The molecule has 2 aromatic rings. The van der Waals surface area contributed by atoms with E-state index >= 15 is 0 Å². The molecule has 21 heavy (non-hydrogen) atoms. The molecule has 0 spiro atoms. The van der Waals surface area contributed by atoms with Crippen molar-refractivity contribution < 1.29 is 4.74 Å². The Kier molecular flexibility index (Phi) is 6.09. The molecule has 0 aliphatic heterocycles. The second kappa shape index (κ2) is 7.83. The molecule has 2 nitrogen and oxygen atoms in total. The van der Waals surface area contributed by atoms with Crippen LogP contribution in [-0.2, 0) is 0 Å². The second-order valence-electron chi connectivity index (χ2n) is 4.83. The molecular weight excluding hydrogens is 350 g/mol. The second-order valence-corrected chi connectivity index (χ2v) is 6.12. The van der Waals surface area contributed by atoms with Crippen molar-refractivity contribution in [2.75, 3.05) is 13.7 Å². The lowest BCUT2D eigenvalue weighted by Crippen LogP contribution is -2.23. The van der Waals surface area contributed by atoms with Crippen LogP contribution in [0.15, 0.2) is 46.9 Å². The number of hydrogen-bond acceptors (Lipinski definition) is 2. The summed E-state index contributed by atoms with van der Waals surface area (Å²) in [6.45, 7) is 3.10. The van der Waals surface area contributed by atoms with Crippen LogP contribution >= 0.6 is 27.5 Å². The third-order valence-electron chi connectivity index (χ3n) is 3.32. The lowest BCUT2D eigenvalue weighted by molar-refractivity contribution is 0.414. The zero-order valence-corrected chi connectivity index (χ0v) is 14.5. The summed E-state index contributed by atoms with van der Waals surface area (Å²) in [5.41, 5.74) is 2.33. The van der Waals surface area contributed by atoms with Gasteiger partial charge in [0.2, 0.25) is 0 Å². The molecule has 1 unspecified atom stereocenters. The molecule has 0 fully saturated rings. The maximum atomic E-state index is 6.16. The van der Waals surface area contributed by atoms with Crippen LogP contribution in [0.1, 0.15) is 30.5 Å². The zero-order valence-electron chi connectivity index (χ0n) is 12.2. The van der Waals surface area contributed by atoms with Gasteiger partial charge in [-0.25, -0.2) is 0 Å². The molecule has 0 heterocycles. The highest BCUT2D eigenvalue weighted by Crippen LogP contribution is 2.31. The summed E-state index contributed by atoms with van der Waals surface area (Å²) in [6, 6.07) is 14.1. The van der Waals surface area contributed by atoms with Gasteiger partial charge < -0.3 is 10.1 Å². The maximum absolute atomic E-state index is 6.16. The first-order valence-corrected chi connectivity index (χ1v) is 8.15. The van der Waals surface area contributed by atoms with Crippen molar-refractivity contribution in [1.29, 1.82) is 0 Å². The highest BCUT2D eigenvalue weighted by molar-refractivity contribution is 9.10. The number of benzene rings is 2. The Hall–Kier alpha value is -1.03. The van der Waals surface area contributed by atoms with Gasteiger partial charge in [-0.1, -0.05) is 46.6 Å². The molecule has 0 saturated heterocycles. The molecular formula is C17H19BrClNO. The Morgan fingerprint density at radius 3 is 2.52 bits per heavy atom. The summed E-state index contributed by atoms with van der Waals surface area (Å²) in [4.78, 5) is 0. The first-order chi connectivity index (χ1) is 10.2. The van der Waals surface area contributed by atoms with Gasteiger partial charge in [-0.3, -0.25) is 0 Å². The Morgan fingerprint density at radius 2 is 1.90 bits per heavy atom. The highest BCUT2D eigenvalue weighted by atomic mass is 79.9. The number of hydrogen-bond donors (Lipinski definition) is 1. The van der Waals surface area contributed by atoms with Gasteiger partial charge in [-0.2, -0.15) is 0 Å². The molecule has 0 aliphatic carbocycles. The predicted octanol–water partition coefficient (Wildman–Crippen LogP) is 5.20. The van der Waals surface area contributed by atoms with E-state index in [0.717, 1.165) is 33.8 Å². The lowest BCUT2D eigenvalue weighted by Gasteiger charge is -2.21. The van der Waals surface area contributed by atoms with Crippen molar-refractivity contribution >= 4 is 27.5 Å². The van der Waals surface area contributed by atoms with E-state index in [4.69, 9.17) is 16.3 Å². The maximum Gasteiger partial charge on any atom is 0.118 e. The molecule has 2 aromatic carbocycles. The largest absolute Gasteiger partial charge is 0.497 e. The fraction of sp³-hybridized carbons (Fsp3) is 0.294. The average molecular weight is 369 g/mol.